The van der Waals surface area contributed by atoms with Crippen molar-refractivity contribution >= 4 is 11.9 Å². The molecule has 0 amide bonds. The monoisotopic (exact) mass is 372 g/mol. The fourth-order valence-corrected chi connectivity index (χ4v) is 1.75. The van der Waals surface area contributed by atoms with Gasteiger partial charge in [0, 0.05) is 37.9 Å². The molecule has 8 nitrogen and oxygen atoms in total. The van der Waals surface area contributed by atoms with Crippen LogP contribution in [-0.2, 0) is 15.1 Å². The van der Waals surface area contributed by atoms with Gasteiger partial charge in [0.1, 0.15) is 18.6 Å². The van der Waals surface area contributed by atoms with E-state index in [0.717, 1.165) is 5.56 Å². The maximum Gasteiger partial charge on any atom is 0.430 e. The number of halogens is 3. The number of hydrogen-bond donors (Lipinski definition) is 1. The van der Waals surface area contributed by atoms with Gasteiger partial charge in [-0.3, -0.25) is 4.79 Å². The van der Waals surface area contributed by atoms with E-state index in [1.807, 2.05) is 19.9 Å². The number of alkyl halides is 3. The smallest absolute Gasteiger partial charge is 0.430 e. The Morgan fingerprint density at radius 2 is 1.77 bits per heavy atom. The molecule has 1 N–H and O–H groups in total. The molecule has 0 unspecified atom stereocenters. The van der Waals surface area contributed by atoms with Gasteiger partial charge in [-0.1, -0.05) is 4.68 Å². The SMILES string of the molecule is CC(C)(CC(=O)O)[n+]1ccc(-c2ncccn2)cn1.O=C([O-])C(F)(F)F. The van der Waals surface area contributed by atoms with Crippen molar-refractivity contribution in [2.24, 2.45) is 0 Å². The lowest BCUT2D eigenvalue weighted by atomic mass is 10.0. The van der Waals surface area contributed by atoms with E-state index in [1.165, 1.54) is 0 Å². The van der Waals surface area contributed by atoms with Gasteiger partial charge in [-0.2, -0.15) is 13.2 Å². The lowest BCUT2D eigenvalue weighted by Gasteiger charge is -2.14. The highest BCUT2D eigenvalue weighted by atomic mass is 19.4. The summed E-state index contributed by atoms with van der Waals surface area (Å²) in [6.45, 7) is 3.65. The van der Waals surface area contributed by atoms with Gasteiger partial charge in [0.05, 0.1) is 0 Å². The number of carboxylic acid groups (broad SMARTS) is 2. The maximum absolute atomic E-state index is 10.8. The molecule has 0 fully saturated rings. The van der Waals surface area contributed by atoms with Gasteiger partial charge >= 0.3 is 12.1 Å². The average molecular weight is 372 g/mol. The Bertz CT molecular complexity index is 750. The molecule has 2 rings (SSSR count). The van der Waals surface area contributed by atoms with Crippen LogP contribution in [0.3, 0.4) is 0 Å². The summed E-state index contributed by atoms with van der Waals surface area (Å²) in [6.07, 6.45) is 1.52. The van der Waals surface area contributed by atoms with Crippen LogP contribution >= 0.6 is 0 Å². The van der Waals surface area contributed by atoms with E-state index in [-0.39, 0.29) is 6.42 Å². The minimum atomic E-state index is -5.19. The Labute approximate surface area is 146 Å². The summed E-state index contributed by atoms with van der Waals surface area (Å²) >= 11 is 0. The summed E-state index contributed by atoms with van der Waals surface area (Å²) in [7, 11) is 0. The van der Waals surface area contributed by atoms with Gasteiger partial charge in [-0.15, -0.1) is 0 Å². The fraction of sp³-hybridized carbons (Fsp3) is 0.333. The summed E-state index contributed by atoms with van der Waals surface area (Å²) < 4.78 is 33.2. The van der Waals surface area contributed by atoms with Gasteiger partial charge in [-0.25, -0.2) is 9.97 Å². The second kappa shape index (κ2) is 8.32. The number of aliphatic carboxylic acids is 2. The fourth-order valence-electron chi connectivity index (χ4n) is 1.75. The van der Waals surface area contributed by atoms with Crippen LogP contribution in [0.5, 0.6) is 0 Å². The van der Waals surface area contributed by atoms with Crippen molar-refractivity contribution in [3.05, 3.63) is 36.9 Å². The molecule has 140 valence electrons. The molecular formula is C15H15F3N4O4. The van der Waals surface area contributed by atoms with Crippen molar-refractivity contribution in [1.82, 2.24) is 15.1 Å². The van der Waals surface area contributed by atoms with Gasteiger partial charge in [-0.05, 0) is 11.2 Å². The maximum atomic E-state index is 10.8. The molecule has 0 aliphatic rings. The number of carbonyl (C=O) groups excluding carboxylic acids is 1. The highest BCUT2D eigenvalue weighted by molar-refractivity contribution is 5.70. The van der Waals surface area contributed by atoms with Crippen LogP contribution in [0.2, 0.25) is 0 Å². The van der Waals surface area contributed by atoms with Crippen molar-refractivity contribution in [2.45, 2.75) is 32.0 Å². The Morgan fingerprint density at radius 3 is 2.15 bits per heavy atom. The molecule has 0 aliphatic carbocycles. The van der Waals surface area contributed by atoms with Gasteiger partial charge in [0.2, 0.25) is 0 Å². The number of carbonyl (C=O) groups is 2. The quantitative estimate of drug-likeness (QED) is 0.768. The summed E-state index contributed by atoms with van der Waals surface area (Å²) in [5, 5.41) is 21.9. The van der Waals surface area contributed by atoms with E-state index in [0.29, 0.717) is 5.82 Å². The third-order valence-electron chi connectivity index (χ3n) is 2.98. The standard InChI is InChI=1S/C13H14N4O2.C2HF3O2/c1-13(2,8-11(18)19)17-7-4-10(9-16-17)12-14-5-3-6-15-12;3-2(4,5)1(6)7/h3-7,9H,8H2,1-2H3;(H,6,7). The van der Waals surface area contributed by atoms with Crippen molar-refractivity contribution in [1.29, 1.82) is 0 Å². The lowest BCUT2D eigenvalue weighted by molar-refractivity contribution is -0.808. The van der Waals surface area contributed by atoms with Crippen molar-refractivity contribution in [3.63, 3.8) is 0 Å². The van der Waals surface area contributed by atoms with E-state index in [4.69, 9.17) is 15.0 Å². The number of nitrogens with zero attached hydrogens (tertiary/aromatic N) is 4. The zero-order valence-electron chi connectivity index (χ0n) is 13.8. The Kier molecular flexibility index (Phi) is 6.70. The molecule has 0 bridgehead atoms. The first-order valence-corrected chi connectivity index (χ1v) is 7.09. The van der Waals surface area contributed by atoms with Crippen molar-refractivity contribution in [3.8, 4) is 11.4 Å². The van der Waals surface area contributed by atoms with Crippen molar-refractivity contribution in [2.75, 3.05) is 0 Å². The molecule has 0 aromatic carbocycles. The highest BCUT2D eigenvalue weighted by Gasteiger charge is 2.33. The Balaban J connectivity index is 0.000000412. The van der Waals surface area contributed by atoms with E-state index < -0.39 is 23.7 Å². The molecule has 0 saturated heterocycles. The Morgan fingerprint density at radius 1 is 1.23 bits per heavy atom. The van der Waals surface area contributed by atoms with E-state index in [1.54, 1.807) is 35.5 Å². The van der Waals surface area contributed by atoms with E-state index in [9.17, 15) is 18.0 Å². The molecule has 2 aromatic heterocycles. The van der Waals surface area contributed by atoms with E-state index in [2.05, 4.69) is 15.1 Å². The highest BCUT2D eigenvalue weighted by Crippen LogP contribution is 2.14. The van der Waals surface area contributed by atoms with Crippen molar-refractivity contribution < 1.29 is 37.7 Å². The van der Waals surface area contributed by atoms with E-state index >= 15 is 0 Å². The molecule has 2 heterocycles. The minimum absolute atomic E-state index is 0.00580. The average Bonchev–Trinajstić information content (AvgIpc) is 2.54. The second-order valence-corrected chi connectivity index (χ2v) is 5.60. The zero-order chi connectivity index (χ0) is 20.0. The number of hydrogen-bond acceptors (Lipinski definition) is 6. The first kappa shape index (κ1) is 20.9. The van der Waals surface area contributed by atoms with Crippen LogP contribution in [0.4, 0.5) is 13.2 Å². The first-order valence-electron chi connectivity index (χ1n) is 7.09. The predicted molar refractivity (Wildman–Crippen MR) is 78.1 cm³/mol. The second-order valence-electron chi connectivity index (χ2n) is 5.60. The summed E-state index contributed by atoms with van der Waals surface area (Å²) in [6, 6.07) is 3.57. The number of aromatic nitrogens is 4. The molecule has 2 aromatic rings. The lowest BCUT2D eigenvalue weighted by Crippen LogP contribution is -2.55. The van der Waals surface area contributed by atoms with Gasteiger partial charge in [0.25, 0.3) is 0 Å². The summed E-state index contributed by atoms with van der Waals surface area (Å²) in [5.74, 6) is -3.26. The normalized spacial score (nSPS) is 11.3. The minimum Gasteiger partial charge on any atom is -0.542 e. The zero-order valence-corrected chi connectivity index (χ0v) is 13.8. The molecule has 0 saturated carbocycles. The van der Waals surface area contributed by atoms with Crippen LogP contribution in [0.1, 0.15) is 20.3 Å². The molecule has 11 heteroatoms. The molecule has 0 spiro atoms. The number of carboxylic acids is 2. The molecule has 26 heavy (non-hydrogen) atoms. The van der Waals surface area contributed by atoms with Crippen LogP contribution in [0.15, 0.2) is 36.9 Å². The third kappa shape index (κ3) is 6.42. The largest absolute Gasteiger partial charge is 0.542 e. The van der Waals surface area contributed by atoms with Gasteiger partial charge in [0.15, 0.2) is 17.6 Å². The summed E-state index contributed by atoms with van der Waals surface area (Å²) in [4.78, 5) is 27.9. The molecule has 0 radical (unpaired) electrons. The van der Waals surface area contributed by atoms with Crippen LogP contribution < -0.4 is 9.79 Å². The third-order valence-corrected chi connectivity index (χ3v) is 2.98. The van der Waals surface area contributed by atoms with Gasteiger partial charge < -0.3 is 15.0 Å². The van der Waals surface area contributed by atoms with Crippen LogP contribution in [-0.4, -0.2) is 38.3 Å². The van der Waals surface area contributed by atoms with Crippen LogP contribution in [0.25, 0.3) is 11.4 Å². The molecule has 0 aliphatic heterocycles. The first-order chi connectivity index (χ1) is 11.9. The summed E-state index contributed by atoms with van der Waals surface area (Å²) in [5.41, 5.74) is 0.213. The predicted octanol–water partition coefficient (Wildman–Crippen LogP) is 0.334. The number of rotatable bonds is 4. The van der Waals surface area contributed by atoms with Crippen LogP contribution in [0, 0.1) is 0 Å². The molecular weight excluding hydrogens is 357 g/mol. The Hall–Kier alpha value is -3.11. The topological polar surface area (TPSA) is 120 Å². The molecule has 0 atom stereocenters.